The molecule has 0 spiro atoms. The first-order chi connectivity index (χ1) is 9.53. The van der Waals surface area contributed by atoms with Crippen LogP contribution in [0.3, 0.4) is 0 Å². The quantitative estimate of drug-likeness (QED) is 0.380. The monoisotopic (exact) mass is 324 g/mol. The molecule has 5 N–H and O–H groups in total. The minimum absolute atomic E-state index is 0.0494. The molecular weight excluding hydrogens is 304 g/mol. The molecule has 9 nitrogen and oxygen atoms in total. The molecule has 10 heteroatoms. The van der Waals surface area contributed by atoms with E-state index in [0.29, 0.717) is 0 Å². The number of sulfone groups is 1. The molecule has 0 rings (SSSR count). The number of carbonyl (C=O) groups is 3. The highest BCUT2D eigenvalue weighted by Crippen LogP contribution is 2.03. The van der Waals surface area contributed by atoms with Crippen LogP contribution >= 0.6 is 0 Å². The summed E-state index contributed by atoms with van der Waals surface area (Å²) in [4.78, 5) is 33.0. The summed E-state index contributed by atoms with van der Waals surface area (Å²) in [6, 6.07) is -2.39. The zero-order valence-electron chi connectivity index (χ0n) is 11.6. The molecule has 1 unspecified atom stereocenters. The third-order valence-electron chi connectivity index (χ3n) is 2.63. The third-order valence-corrected chi connectivity index (χ3v) is 3.61. The SMILES string of the molecule is CS(=O)(=O)CCC(N)C(=O)N[C@H](CCCC(=O)O)C(=O)O. The second-order valence-corrected chi connectivity index (χ2v) is 6.97. The fraction of sp³-hybridized carbons (Fsp3) is 0.727. The molecule has 0 saturated heterocycles. The van der Waals surface area contributed by atoms with E-state index in [-0.39, 0.29) is 31.4 Å². The molecule has 0 aromatic rings. The molecule has 122 valence electrons. The van der Waals surface area contributed by atoms with E-state index in [2.05, 4.69) is 5.32 Å². The van der Waals surface area contributed by atoms with Gasteiger partial charge in [0.1, 0.15) is 15.9 Å². The molecule has 21 heavy (non-hydrogen) atoms. The Hall–Kier alpha value is -1.68. The minimum atomic E-state index is -3.26. The Morgan fingerprint density at radius 3 is 2.19 bits per heavy atom. The lowest BCUT2D eigenvalue weighted by atomic mass is 10.1. The van der Waals surface area contributed by atoms with Crippen LogP contribution in [0.1, 0.15) is 25.7 Å². The Bertz CT molecular complexity index is 489. The van der Waals surface area contributed by atoms with Gasteiger partial charge in [0.25, 0.3) is 0 Å². The van der Waals surface area contributed by atoms with Crippen molar-refractivity contribution in [1.82, 2.24) is 5.32 Å². The van der Waals surface area contributed by atoms with Crippen LogP contribution in [-0.4, -0.2) is 60.6 Å². The molecule has 0 heterocycles. The highest BCUT2D eigenvalue weighted by molar-refractivity contribution is 7.90. The molecule has 2 atom stereocenters. The molecule has 1 amide bonds. The molecule has 0 fully saturated rings. The van der Waals surface area contributed by atoms with Gasteiger partial charge in [-0.15, -0.1) is 0 Å². The molecule has 0 aliphatic carbocycles. The first-order valence-electron chi connectivity index (χ1n) is 6.21. The minimum Gasteiger partial charge on any atom is -0.481 e. The smallest absolute Gasteiger partial charge is 0.326 e. The van der Waals surface area contributed by atoms with Gasteiger partial charge < -0.3 is 21.3 Å². The number of nitrogens with two attached hydrogens (primary N) is 1. The summed E-state index contributed by atoms with van der Waals surface area (Å²) in [6.45, 7) is 0. The number of carbonyl (C=O) groups excluding carboxylic acids is 1. The van der Waals surface area contributed by atoms with E-state index in [0.717, 1.165) is 6.26 Å². The van der Waals surface area contributed by atoms with Crippen LogP contribution in [0.2, 0.25) is 0 Å². The van der Waals surface area contributed by atoms with Gasteiger partial charge in [0, 0.05) is 12.7 Å². The lowest BCUT2D eigenvalue weighted by Crippen LogP contribution is -2.48. The molecule has 0 bridgehead atoms. The van der Waals surface area contributed by atoms with Gasteiger partial charge in [0.15, 0.2) is 0 Å². The Balaban J connectivity index is 4.39. The van der Waals surface area contributed by atoms with Gasteiger partial charge in [-0.05, 0) is 19.3 Å². The van der Waals surface area contributed by atoms with Crippen molar-refractivity contribution in [3.05, 3.63) is 0 Å². The van der Waals surface area contributed by atoms with Gasteiger partial charge in [0.05, 0.1) is 11.8 Å². The second kappa shape index (κ2) is 8.57. The Morgan fingerprint density at radius 1 is 1.19 bits per heavy atom. The lowest BCUT2D eigenvalue weighted by Gasteiger charge is -2.17. The largest absolute Gasteiger partial charge is 0.481 e. The topological polar surface area (TPSA) is 164 Å². The maximum absolute atomic E-state index is 11.7. The van der Waals surface area contributed by atoms with Crippen LogP contribution in [0.5, 0.6) is 0 Å². The Morgan fingerprint density at radius 2 is 1.76 bits per heavy atom. The van der Waals surface area contributed by atoms with Gasteiger partial charge in [-0.2, -0.15) is 0 Å². The average Bonchev–Trinajstić information content (AvgIpc) is 2.32. The van der Waals surface area contributed by atoms with Gasteiger partial charge in [-0.3, -0.25) is 9.59 Å². The normalized spacial score (nSPS) is 14.2. The van der Waals surface area contributed by atoms with Gasteiger partial charge in [0.2, 0.25) is 5.91 Å². The standard InChI is InChI=1S/C11H20N2O7S/c1-21(19,20)6-5-7(12)10(16)13-8(11(17)18)3-2-4-9(14)15/h7-8H,2-6,12H2,1H3,(H,13,16)(H,14,15)(H,17,18)/t7?,8-/m1/s1. The molecule has 0 aliphatic rings. The average molecular weight is 324 g/mol. The summed E-state index contributed by atoms with van der Waals surface area (Å²) in [6.07, 6.45) is 0.715. The van der Waals surface area contributed by atoms with E-state index in [9.17, 15) is 22.8 Å². The summed E-state index contributed by atoms with van der Waals surface area (Å²) in [7, 11) is -3.26. The molecule has 0 saturated carbocycles. The van der Waals surface area contributed by atoms with Crippen molar-refractivity contribution in [2.75, 3.05) is 12.0 Å². The van der Waals surface area contributed by atoms with Crippen LogP contribution in [0.25, 0.3) is 0 Å². The summed E-state index contributed by atoms with van der Waals surface area (Å²) in [5, 5.41) is 19.6. The van der Waals surface area contributed by atoms with Gasteiger partial charge in [-0.25, -0.2) is 13.2 Å². The fourth-order valence-corrected chi connectivity index (χ4v) is 2.15. The summed E-state index contributed by atoms with van der Waals surface area (Å²) in [5.74, 6) is -3.42. The van der Waals surface area contributed by atoms with Crippen molar-refractivity contribution in [3.8, 4) is 0 Å². The Kier molecular flexibility index (Phi) is 7.89. The molecule has 0 aromatic heterocycles. The lowest BCUT2D eigenvalue weighted by molar-refractivity contribution is -0.143. The van der Waals surface area contributed by atoms with Crippen LogP contribution in [0.4, 0.5) is 0 Å². The summed E-state index contributed by atoms with van der Waals surface area (Å²) < 4.78 is 21.9. The summed E-state index contributed by atoms with van der Waals surface area (Å²) >= 11 is 0. The number of hydrogen-bond donors (Lipinski definition) is 4. The number of rotatable bonds is 10. The molecule has 0 radical (unpaired) electrons. The number of carboxylic acid groups (broad SMARTS) is 2. The van der Waals surface area contributed by atoms with Crippen molar-refractivity contribution in [2.24, 2.45) is 5.73 Å². The van der Waals surface area contributed by atoms with E-state index in [4.69, 9.17) is 15.9 Å². The van der Waals surface area contributed by atoms with E-state index < -0.39 is 39.8 Å². The van der Waals surface area contributed by atoms with E-state index in [1.54, 1.807) is 0 Å². The van der Waals surface area contributed by atoms with Gasteiger partial charge >= 0.3 is 11.9 Å². The zero-order chi connectivity index (χ0) is 16.6. The Labute approximate surface area is 122 Å². The predicted octanol–water partition coefficient (Wildman–Crippen LogP) is -1.43. The molecule has 0 aromatic carbocycles. The maximum atomic E-state index is 11.7. The number of aliphatic carboxylic acids is 2. The van der Waals surface area contributed by atoms with E-state index in [1.165, 1.54) is 0 Å². The van der Waals surface area contributed by atoms with Crippen LogP contribution in [0, 0.1) is 0 Å². The number of carboxylic acids is 2. The first-order valence-corrected chi connectivity index (χ1v) is 8.27. The van der Waals surface area contributed by atoms with E-state index >= 15 is 0 Å². The van der Waals surface area contributed by atoms with Crippen molar-refractivity contribution < 1.29 is 33.0 Å². The first kappa shape index (κ1) is 19.3. The number of hydrogen-bond acceptors (Lipinski definition) is 6. The maximum Gasteiger partial charge on any atom is 0.326 e. The van der Waals surface area contributed by atoms with Crippen molar-refractivity contribution in [2.45, 2.75) is 37.8 Å². The van der Waals surface area contributed by atoms with Crippen molar-refractivity contribution >= 4 is 27.7 Å². The highest BCUT2D eigenvalue weighted by Gasteiger charge is 2.23. The van der Waals surface area contributed by atoms with Gasteiger partial charge in [-0.1, -0.05) is 0 Å². The second-order valence-electron chi connectivity index (χ2n) is 4.71. The molecular formula is C11H20N2O7S. The number of nitrogens with one attached hydrogen (secondary N) is 1. The van der Waals surface area contributed by atoms with Crippen molar-refractivity contribution in [3.63, 3.8) is 0 Å². The van der Waals surface area contributed by atoms with Crippen LogP contribution < -0.4 is 11.1 Å². The third kappa shape index (κ3) is 9.79. The summed E-state index contributed by atoms with van der Waals surface area (Å²) in [5.41, 5.74) is 5.49. The van der Waals surface area contributed by atoms with Crippen LogP contribution in [0.15, 0.2) is 0 Å². The zero-order valence-corrected chi connectivity index (χ0v) is 12.4. The highest BCUT2D eigenvalue weighted by atomic mass is 32.2. The molecule has 0 aliphatic heterocycles. The fourth-order valence-electron chi connectivity index (χ4n) is 1.47. The predicted molar refractivity (Wildman–Crippen MR) is 73.4 cm³/mol. The van der Waals surface area contributed by atoms with Crippen LogP contribution in [-0.2, 0) is 24.2 Å². The van der Waals surface area contributed by atoms with E-state index in [1.807, 2.05) is 0 Å². The number of amides is 1. The van der Waals surface area contributed by atoms with Crippen molar-refractivity contribution in [1.29, 1.82) is 0 Å².